The summed E-state index contributed by atoms with van der Waals surface area (Å²) in [6.45, 7) is 2.13. The number of hydrogen-bond acceptors (Lipinski definition) is 1. The average molecular weight is 233 g/mol. The van der Waals surface area contributed by atoms with Crippen molar-refractivity contribution in [2.75, 3.05) is 0 Å². The quantitative estimate of drug-likeness (QED) is 0.785. The molecule has 1 nitrogen and oxygen atoms in total. The number of rotatable bonds is 4. The van der Waals surface area contributed by atoms with Crippen LogP contribution in [-0.2, 0) is 6.42 Å². The molecule has 2 unspecified atom stereocenters. The summed E-state index contributed by atoms with van der Waals surface area (Å²) in [4.78, 5) is 0. The molecular weight excluding hydrogens is 213 g/mol. The molecule has 2 rings (SSSR count). The predicted molar refractivity (Wildman–Crippen MR) is 69.5 cm³/mol. The van der Waals surface area contributed by atoms with Crippen molar-refractivity contribution in [1.29, 1.82) is 0 Å². The van der Waals surface area contributed by atoms with Gasteiger partial charge in [0.2, 0.25) is 0 Å². The van der Waals surface area contributed by atoms with Crippen molar-refractivity contribution < 1.29 is 4.39 Å². The first-order valence-electron chi connectivity index (χ1n) is 6.40. The van der Waals surface area contributed by atoms with Crippen LogP contribution >= 0.6 is 0 Å². The molecule has 1 aromatic carbocycles. The van der Waals surface area contributed by atoms with Gasteiger partial charge in [0.25, 0.3) is 0 Å². The summed E-state index contributed by atoms with van der Waals surface area (Å²) in [5.74, 6) is -0.0929. The van der Waals surface area contributed by atoms with Crippen LogP contribution in [0.4, 0.5) is 4.39 Å². The number of allylic oxidation sites excluding steroid dienone is 1. The molecule has 0 spiro atoms. The molecule has 92 valence electrons. The summed E-state index contributed by atoms with van der Waals surface area (Å²) in [6.07, 6.45) is 8.67. The lowest BCUT2D eigenvalue weighted by Gasteiger charge is -2.24. The molecule has 2 atom stereocenters. The summed E-state index contributed by atoms with van der Waals surface area (Å²) < 4.78 is 13.5. The summed E-state index contributed by atoms with van der Waals surface area (Å²) in [6, 6.07) is 7.92. The second-order valence-corrected chi connectivity index (χ2v) is 4.84. The fourth-order valence-electron chi connectivity index (χ4n) is 2.40. The topological polar surface area (TPSA) is 12.0 Å². The predicted octanol–water partition coefficient (Wildman–Crippen LogP) is 3.46. The number of halogens is 1. The molecule has 17 heavy (non-hydrogen) atoms. The standard InChI is InChI=1S/C15H20FN/c1-12(17-14-8-3-2-4-9-14)11-13-7-5-6-10-15(13)16/h2-3,5-7,10,12,14,17H,4,8-9,11H2,1H3. The molecule has 0 heterocycles. The van der Waals surface area contributed by atoms with Gasteiger partial charge < -0.3 is 5.32 Å². The maximum Gasteiger partial charge on any atom is 0.126 e. The van der Waals surface area contributed by atoms with Crippen molar-refractivity contribution in [2.45, 2.75) is 44.7 Å². The van der Waals surface area contributed by atoms with Crippen LogP contribution in [0.15, 0.2) is 36.4 Å². The van der Waals surface area contributed by atoms with Gasteiger partial charge in [-0.15, -0.1) is 0 Å². The zero-order valence-corrected chi connectivity index (χ0v) is 10.3. The first-order chi connectivity index (χ1) is 8.25. The molecule has 0 saturated carbocycles. The van der Waals surface area contributed by atoms with Gasteiger partial charge in [0.05, 0.1) is 0 Å². The van der Waals surface area contributed by atoms with Gasteiger partial charge in [0.1, 0.15) is 5.82 Å². The Morgan fingerprint density at radius 1 is 1.35 bits per heavy atom. The van der Waals surface area contributed by atoms with E-state index in [-0.39, 0.29) is 5.82 Å². The van der Waals surface area contributed by atoms with Crippen LogP contribution in [0.5, 0.6) is 0 Å². The average Bonchev–Trinajstić information content (AvgIpc) is 2.33. The van der Waals surface area contributed by atoms with Crippen LogP contribution < -0.4 is 5.32 Å². The molecule has 0 amide bonds. The van der Waals surface area contributed by atoms with E-state index in [1.54, 1.807) is 6.07 Å². The van der Waals surface area contributed by atoms with Crippen molar-refractivity contribution in [1.82, 2.24) is 5.32 Å². The minimum Gasteiger partial charge on any atom is -0.311 e. The third kappa shape index (κ3) is 3.67. The second-order valence-electron chi connectivity index (χ2n) is 4.84. The van der Waals surface area contributed by atoms with Gasteiger partial charge in [-0.25, -0.2) is 4.39 Å². The first-order valence-corrected chi connectivity index (χ1v) is 6.40. The van der Waals surface area contributed by atoms with E-state index in [1.165, 1.54) is 12.5 Å². The Bertz CT molecular complexity index is 386. The van der Waals surface area contributed by atoms with Crippen LogP contribution in [0.1, 0.15) is 31.7 Å². The highest BCUT2D eigenvalue weighted by Crippen LogP contribution is 2.13. The Labute approximate surface area is 103 Å². The lowest BCUT2D eigenvalue weighted by atomic mass is 9.99. The normalized spacial score (nSPS) is 21.4. The number of benzene rings is 1. The molecule has 1 aromatic rings. The fourth-order valence-corrected chi connectivity index (χ4v) is 2.40. The van der Waals surface area contributed by atoms with Gasteiger partial charge in [-0.3, -0.25) is 0 Å². The largest absolute Gasteiger partial charge is 0.311 e. The summed E-state index contributed by atoms with van der Waals surface area (Å²) >= 11 is 0. The Hall–Kier alpha value is -1.15. The Morgan fingerprint density at radius 3 is 2.88 bits per heavy atom. The van der Waals surface area contributed by atoms with Gasteiger partial charge in [0, 0.05) is 12.1 Å². The molecule has 0 radical (unpaired) electrons. The maximum atomic E-state index is 13.5. The van der Waals surface area contributed by atoms with Gasteiger partial charge in [-0.1, -0.05) is 30.4 Å². The minimum atomic E-state index is -0.0929. The van der Waals surface area contributed by atoms with E-state index in [0.29, 0.717) is 12.1 Å². The van der Waals surface area contributed by atoms with Gasteiger partial charge in [-0.2, -0.15) is 0 Å². The van der Waals surface area contributed by atoms with Crippen LogP contribution in [0.25, 0.3) is 0 Å². The van der Waals surface area contributed by atoms with Gasteiger partial charge in [0.15, 0.2) is 0 Å². The molecule has 1 aliphatic carbocycles. The summed E-state index contributed by atoms with van der Waals surface area (Å²) in [5, 5.41) is 3.58. The molecule has 1 aliphatic rings. The zero-order valence-electron chi connectivity index (χ0n) is 10.3. The van der Waals surface area contributed by atoms with E-state index < -0.39 is 0 Å². The Morgan fingerprint density at radius 2 is 2.18 bits per heavy atom. The van der Waals surface area contributed by atoms with Crippen molar-refractivity contribution in [3.63, 3.8) is 0 Å². The summed E-state index contributed by atoms with van der Waals surface area (Å²) in [7, 11) is 0. The van der Waals surface area contributed by atoms with Crippen LogP contribution in [0, 0.1) is 5.82 Å². The monoisotopic (exact) mass is 233 g/mol. The smallest absolute Gasteiger partial charge is 0.126 e. The van der Waals surface area contributed by atoms with E-state index in [1.807, 2.05) is 12.1 Å². The maximum absolute atomic E-state index is 13.5. The molecule has 1 N–H and O–H groups in total. The highest BCUT2D eigenvalue weighted by Gasteiger charge is 2.13. The van der Waals surface area contributed by atoms with E-state index in [2.05, 4.69) is 24.4 Å². The Kier molecular flexibility index (Phi) is 4.32. The molecule has 0 aromatic heterocycles. The van der Waals surface area contributed by atoms with Crippen molar-refractivity contribution in [3.05, 3.63) is 47.8 Å². The van der Waals surface area contributed by atoms with E-state index in [0.717, 1.165) is 24.8 Å². The van der Waals surface area contributed by atoms with E-state index >= 15 is 0 Å². The lowest BCUT2D eigenvalue weighted by molar-refractivity contribution is 0.413. The third-order valence-corrected chi connectivity index (χ3v) is 3.27. The number of hydrogen-bond donors (Lipinski definition) is 1. The Balaban J connectivity index is 1.86. The van der Waals surface area contributed by atoms with Gasteiger partial charge >= 0.3 is 0 Å². The molecule has 0 fully saturated rings. The molecular formula is C15H20FN. The fraction of sp³-hybridized carbons (Fsp3) is 0.467. The van der Waals surface area contributed by atoms with Crippen molar-refractivity contribution in [2.24, 2.45) is 0 Å². The highest BCUT2D eigenvalue weighted by atomic mass is 19.1. The number of nitrogens with one attached hydrogen (secondary N) is 1. The minimum absolute atomic E-state index is 0.0929. The lowest BCUT2D eigenvalue weighted by Crippen LogP contribution is -2.38. The third-order valence-electron chi connectivity index (χ3n) is 3.27. The second kappa shape index (κ2) is 5.97. The van der Waals surface area contributed by atoms with Gasteiger partial charge in [-0.05, 0) is 44.2 Å². The highest BCUT2D eigenvalue weighted by molar-refractivity contribution is 5.18. The first kappa shape index (κ1) is 12.3. The van der Waals surface area contributed by atoms with Crippen LogP contribution in [0.3, 0.4) is 0 Å². The molecule has 0 saturated heterocycles. The van der Waals surface area contributed by atoms with E-state index in [9.17, 15) is 4.39 Å². The van der Waals surface area contributed by atoms with Crippen LogP contribution in [-0.4, -0.2) is 12.1 Å². The van der Waals surface area contributed by atoms with Crippen molar-refractivity contribution >= 4 is 0 Å². The summed E-state index contributed by atoms with van der Waals surface area (Å²) in [5.41, 5.74) is 0.804. The van der Waals surface area contributed by atoms with Crippen LogP contribution in [0.2, 0.25) is 0 Å². The molecule has 0 bridgehead atoms. The molecule has 0 aliphatic heterocycles. The van der Waals surface area contributed by atoms with E-state index in [4.69, 9.17) is 0 Å². The van der Waals surface area contributed by atoms with Crippen molar-refractivity contribution in [3.8, 4) is 0 Å². The SMILES string of the molecule is CC(Cc1ccccc1F)NC1CC=CCC1. The molecule has 2 heteroatoms. The zero-order chi connectivity index (χ0) is 12.1.